The van der Waals surface area contributed by atoms with Crippen LogP contribution in [0.25, 0.3) is 22.0 Å². The van der Waals surface area contributed by atoms with Crippen LogP contribution >= 0.6 is 11.3 Å². The van der Waals surface area contributed by atoms with Crippen LogP contribution in [0.3, 0.4) is 0 Å². The lowest BCUT2D eigenvalue weighted by molar-refractivity contribution is 0.104. The van der Waals surface area contributed by atoms with Crippen molar-refractivity contribution >= 4 is 27.9 Å². The summed E-state index contributed by atoms with van der Waals surface area (Å²) in [6.45, 7) is 2.36. The number of carbonyl (C=O) groups excluding carboxylic acids is 1. The number of carbonyl (C=O) groups is 1. The molecule has 0 N–H and O–H groups in total. The van der Waals surface area contributed by atoms with Crippen molar-refractivity contribution in [2.24, 2.45) is 0 Å². The van der Waals surface area contributed by atoms with E-state index in [-0.39, 0.29) is 11.3 Å². The lowest BCUT2D eigenvalue weighted by Gasteiger charge is -2.17. The fourth-order valence-electron chi connectivity index (χ4n) is 4.32. The molecule has 2 heterocycles. The number of ether oxygens (including phenoxy) is 2. The molecule has 5 rings (SSSR count). The Morgan fingerprint density at radius 3 is 2.48 bits per heavy atom. The van der Waals surface area contributed by atoms with Crippen LogP contribution in [0.2, 0.25) is 0 Å². The molecular weight excluding hydrogens is 412 g/mol. The number of fused-ring (bicyclic) bond motifs is 5. The van der Waals surface area contributed by atoms with Gasteiger partial charge in [-0.15, -0.1) is 11.3 Å². The number of rotatable bonds is 5. The molecule has 0 aliphatic heterocycles. The summed E-state index contributed by atoms with van der Waals surface area (Å²) >= 11 is 1.57. The Kier molecular flexibility index (Phi) is 4.63. The number of hydrogen-bond donors (Lipinski definition) is 0. The number of ketones is 1. The molecule has 0 saturated heterocycles. The quantitative estimate of drug-likeness (QED) is 0.416. The molecule has 2 aromatic heterocycles. The molecule has 2 aromatic carbocycles. The fraction of sp³-hybridized carbons (Fsp3) is 0.208. The van der Waals surface area contributed by atoms with Crippen molar-refractivity contribution in [3.8, 4) is 22.8 Å². The lowest BCUT2D eigenvalue weighted by atomic mass is 10.0. The zero-order valence-electron chi connectivity index (χ0n) is 17.4. The summed E-state index contributed by atoms with van der Waals surface area (Å²) in [6, 6.07) is 10.9. The van der Waals surface area contributed by atoms with Gasteiger partial charge in [0.15, 0.2) is 17.3 Å². The van der Waals surface area contributed by atoms with Gasteiger partial charge in [-0.2, -0.15) is 0 Å². The first-order valence-corrected chi connectivity index (χ1v) is 10.8. The van der Waals surface area contributed by atoms with E-state index in [2.05, 4.69) is 4.98 Å². The van der Waals surface area contributed by atoms with Crippen molar-refractivity contribution in [2.75, 3.05) is 14.2 Å². The van der Waals surface area contributed by atoms with Gasteiger partial charge in [0.25, 0.3) is 5.56 Å². The number of nitrogens with zero attached hydrogens (tertiary/aromatic N) is 2. The van der Waals surface area contributed by atoms with Crippen molar-refractivity contribution in [1.29, 1.82) is 0 Å². The Bertz CT molecular complexity index is 1420. The molecule has 0 amide bonds. The average molecular weight is 433 g/mol. The second kappa shape index (κ2) is 7.35. The van der Waals surface area contributed by atoms with E-state index in [1.807, 2.05) is 36.6 Å². The second-order valence-corrected chi connectivity index (χ2v) is 8.35. The molecule has 0 spiro atoms. The van der Waals surface area contributed by atoms with Gasteiger partial charge < -0.3 is 14.0 Å². The number of aryl methyl sites for hydroxylation is 2. The normalized spacial score (nSPS) is 12.2. The number of aromatic nitrogens is 2. The molecule has 156 valence electrons. The molecule has 31 heavy (non-hydrogen) atoms. The molecule has 0 radical (unpaired) electrons. The summed E-state index contributed by atoms with van der Waals surface area (Å²) < 4.78 is 12.7. The van der Waals surface area contributed by atoms with Gasteiger partial charge in [-0.05, 0) is 19.1 Å². The largest absolute Gasteiger partial charge is 0.493 e. The Morgan fingerprint density at radius 1 is 1.03 bits per heavy atom. The summed E-state index contributed by atoms with van der Waals surface area (Å²) in [6.07, 6.45) is 0.596. The Labute approximate surface area is 182 Å². The van der Waals surface area contributed by atoms with Crippen LogP contribution in [-0.4, -0.2) is 29.6 Å². The van der Waals surface area contributed by atoms with Crippen LogP contribution in [0.1, 0.15) is 26.6 Å². The summed E-state index contributed by atoms with van der Waals surface area (Å²) in [5.74, 6) is 0.717. The Hall–Kier alpha value is -3.45. The highest BCUT2D eigenvalue weighted by Crippen LogP contribution is 2.43. The number of pyridine rings is 1. The van der Waals surface area contributed by atoms with E-state index < -0.39 is 0 Å². The van der Waals surface area contributed by atoms with E-state index in [1.54, 1.807) is 28.0 Å². The Balaban J connectivity index is 1.83. The molecule has 1 aliphatic rings. The van der Waals surface area contributed by atoms with Gasteiger partial charge in [0.05, 0.1) is 35.9 Å². The van der Waals surface area contributed by atoms with E-state index in [9.17, 15) is 9.59 Å². The third-order valence-electron chi connectivity index (χ3n) is 5.65. The van der Waals surface area contributed by atoms with Gasteiger partial charge in [-0.25, -0.2) is 4.98 Å². The van der Waals surface area contributed by atoms with Crippen LogP contribution in [0.15, 0.2) is 46.6 Å². The average Bonchev–Trinajstić information content (AvgIpc) is 3.34. The Morgan fingerprint density at radius 2 is 1.81 bits per heavy atom. The fourth-order valence-corrected chi connectivity index (χ4v) is 5.08. The maximum atomic E-state index is 13.8. The molecule has 0 fully saturated rings. The van der Waals surface area contributed by atoms with Gasteiger partial charge >= 0.3 is 0 Å². The summed E-state index contributed by atoms with van der Waals surface area (Å²) in [4.78, 5) is 31.7. The van der Waals surface area contributed by atoms with Crippen molar-refractivity contribution < 1.29 is 14.3 Å². The summed E-state index contributed by atoms with van der Waals surface area (Å²) in [5, 5.41) is 3.89. The molecule has 0 bridgehead atoms. The third kappa shape index (κ3) is 2.88. The molecule has 0 unspecified atom stereocenters. The van der Waals surface area contributed by atoms with Crippen LogP contribution in [0.4, 0.5) is 0 Å². The highest BCUT2D eigenvalue weighted by Gasteiger charge is 2.33. The van der Waals surface area contributed by atoms with Crippen LogP contribution in [-0.2, 0) is 13.0 Å². The molecule has 0 atom stereocenters. The first-order valence-electron chi connectivity index (χ1n) is 9.91. The molecule has 6 nitrogen and oxygen atoms in total. The van der Waals surface area contributed by atoms with Gasteiger partial charge in [0.1, 0.15) is 0 Å². The molecule has 0 saturated carbocycles. The molecule has 1 aliphatic carbocycles. The van der Waals surface area contributed by atoms with E-state index in [1.165, 1.54) is 14.2 Å². The van der Waals surface area contributed by atoms with Gasteiger partial charge in [-0.1, -0.05) is 24.3 Å². The SMILES string of the molecule is COc1ccc2c3c(n(CCc4nc(C)cs4)c(=O)c2c1OC)-c1ccccc1C3=O. The molecular formula is C24H20N2O4S. The van der Waals surface area contributed by atoms with Crippen LogP contribution in [0, 0.1) is 6.92 Å². The first-order chi connectivity index (χ1) is 15.0. The predicted molar refractivity (Wildman–Crippen MR) is 121 cm³/mol. The van der Waals surface area contributed by atoms with E-state index >= 15 is 0 Å². The third-order valence-corrected chi connectivity index (χ3v) is 6.68. The maximum Gasteiger partial charge on any atom is 0.262 e. The number of methoxy groups -OCH3 is 2. The van der Waals surface area contributed by atoms with Gasteiger partial charge in [-0.3, -0.25) is 9.59 Å². The predicted octanol–water partition coefficient (Wildman–Crippen LogP) is 4.24. The van der Waals surface area contributed by atoms with Crippen molar-refractivity contribution in [3.05, 3.63) is 74.0 Å². The number of benzene rings is 2. The zero-order chi connectivity index (χ0) is 21.7. The van der Waals surface area contributed by atoms with Crippen molar-refractivity contribution in [2.45, 2.75) is 19.9 Å². The minimum atomic E-state index is -0.206. The van der Waals surface area contributed by atoms with Crippen LogP contribution < -0.4 is 15.0 Å². The summed E-state index contributed by atoms with van der Waals surface area (Å²) in [7, 11) is 3.03. The summed E-state index contributed by atoms with van der Waals surface area (Å²) in [5.41, 5.74) is 3.35. The van der Waals surface area contributed by atoms with Gasteiger partial charge in [0, 0.05) is 40.6 Å². The number of hydrogen-bond acceptors (Lipinski definition) is 6. The smallest absolute Gasteiger partial charge is 0.262 e. The highest BCUT2D eigenvalue weighted by atomic mass is 32.1. The van der Waals surface area contributed by atoms with Crippen molar-refractivity contribution in [1.82, 2.24) is 9.55 Å². The van der Waals surface area contributed by atoms with Crippen molar-refractivity contribution in [3.63, 3.8) is 0 Å². The first kappa shape index (κ1) is 19.5. The van der Waals surface area contributed by atoms with E-state index in [0.717, 1.165) is 16.3 Å². The molecule has 4 aromatic rings. The highest BCUT2D eigenvalue weighted by molar-refractivity contribution is 7.09. The number of thiazole rings is 1. The van der Waals surface area contributed by atoms with Crippen LogP contribution in [0.5, 0.6) is 11.5 Å². The topological polar surface area (TPSA) is 70.4 Å². The molecule has 7 heteroatoms. The minimum absolute atomic E-state index is 0.0818. The maximum absolute atomic E-state index is 13.8. The standard InChI is InChI=1S/C24H20N2O4S/c1-13-12-31-18(25-13)10-11-26-21-14-6-4-5-7-15(14)22(27)19(21)16-8-9-17(29-2)23(30-3)20(16)24(26)28/h4-9,12H,10-11H2,1-3H3. The monoisotopic (exact) mass is 432 g/mol. The van der Waals surface area contributed by atoms with E-state index in [0.29, 0.717) is 52.1 Å². The zero-order valence-corrected chi connectivity index (χ0v) is 18.2. The minimum Gasteiger partial charge on any atom is -0.493 e. The lowest BCUT2D eigenvalue weighted by Crippen LogP contribution is -2.25. The van der Waals surface area contributed by atoms with Gasteiger partial charge in [0.2, 0.25) is 0 Å². The second-order valence-electron chi connectivity index (χ2n) is 7.41. The van der Waals surface area contributed by atoms with E-state index in [4.69, 9.17) is 9.47 Å².